The summed E-state index contributed by atoms with van der Waals surface area (Å²) in [6, 6.07) is 19.2. The number of hydrogen-bond donors (Lipinski definition) is 2. The summed E-state index contributed by atoms with van der Waals surface area (Å²) in [6.07, 6.45) is 11.6. The molecule has 0 heterocycles. The van der Waals surface area contributed by atoms with Gasteiger partial charge in [-0.2, -0.15) is 0 Å². The summed E-state index contributed by atoms with van der Waals surface area (Å²) in [7, 11) is 0. The van der Waals surface area contributed by atoms with Crippen molar-refractivity contribution in [1.82, 2.24) is 5.43 Å². The van der Waals surface area contributed by atoms with E-state index in [0.717, 1.165) is 44.0 Å². The molecule has 0 bridgehead atoms. The Hall–Kier alpha value is -3.24. The summed E-state index contributed by atoms with van der Waals surface area (Å²) in [5, 5.41) is 2.65. The van der Waals surface area contributed by atoms with Gasteiger partial charge in [0.2, 0.25) is 5.91 Å². The highest BCUT2D eigenvalue weighted by Gasteiger charge is 2.07. The predicted molar refractivity (Wildman–Crippen MR) is 164 cm³/mol. The number of nitrogens with two attached hydrogens (primary N) is 1. The second-order valence-corrected chi connectivity index (χ2v) is 9.21. The van der Waals surface area contributed by atoms with E-state index in [-0.39, 0.29) is 12.3 Å². The number of aldehydes is 1. The topological polar surface area (TPSA) is 72.2 Å². The molecule has 38 heavy (non-hydrogen) atoms. The van der Waals surface area contributed by atoms with Gasteiger partial charge in [-0.25, -0.2) is 5.84 Å². The molecule has 3 aromatic carbocycles. The first kappa shape index (κ1) is 32.8. The van der Waals surface area contributed by atoms with Crippen LogP contribution >= 0.6 is 0 Å². The molecular weight excluding hydrogens is 468 g/mol. The number of carbonyl (C=O) groups is 2. The fourth-order valence-electron chi connectivity index (χ4n) is 4.38. The smallest absolute Gasteiger partial charge is 0.234 e. The van der Waals surface area contributed by atoms with Gasteiger partial charge in [-0.1, -0.05) is 103 Å². The first-order chi connectivity index (χ1) is 18.5. The van der Waals surface area contributed by atoms with E-state index in [9.17, 15) is 9.59 Å². The van der Waals surface area contributed by atoms with Gasteiger partial charge in [0.25, 0.3) is 0 Å². The fraction of sp³-hybridized carbons (Fsp3) is 0.412. The SMILES string of the molecule is CC.CC.CC(C)c1cc(/C=C\CCCCCc2ccc(CCC(=O)NN)c(C=O)c2)cc2ccccc12. The Balaban J connectivity index is 0.00000172. The van der Waals surface area contributed by atoms with E-state index < -0.39 is 0 Å². The Morgan fingerprint density at radius 1 is 0.921 bits per heavy atom. The van der Waals surface area contributed by atoms with Crippen molar-refractivity contribution in [2.24, 2.45) is 5.84 Å². The lowest BCUT2D eigenvalue weighted by atomic mass is 9.93. The van der Waals surface area contributed by atoms with Gasteiger partial charge in [0, 0.05) is 12.0 Å². The quantitative estimate of drug-likeness (QED) is 0.0832. The van der Waals surface area contributed by atoms with Crippen LogP contribution in [0, 0.1) is 0 Å². The molecule has 4 heteroatoms. The lowest BCUT2D eigenvalue weighted by molar-refractivity contribution is -0.121. The summed E-state index contributed by atoms with van der Waals surface area (Å²) >= 11 is 0. The predicted octanol–water partition coefficient (Wildman–Crippen LogP) is 8.57. The number of benzene rings is 3. The van der Waals surface area contributed by atoms with Crippen LogP contribution in [0.1, 0.15) is 112 Å². The van der Waals surface area contributed by atoms with Crippen molar-refractivity contribution in [3.05, 3.63) is 88.5 Å². The zero-order valence-corrected chi connectivity index (χ0v) is 24.3. The number of aryl methyl sites for hydroxylation is 2. The molecule has 0 fully saturated rings. The average Bonchev–Trinajstić information content (AvgIpc) is 2.97. The van der Waals surface area contributed by atoms with Crippen molar-refractivity contribution in [1.29, 1.82) is 0 Å². The maximum Gasteiger partial charge on any atom is 0.234 e. The zero-order chi connectivity index (χ0) is 28.3. The van der Waals surface area contributed by atoms with Crippen LogP contribution < -0.4 is 11.3 Å². The standard InChI is InChI=1S/C30H36N2O2.2C2H6/c1-22(2)29-20-24(19-26-12-8-9-13-28(26)29)11-7-5-3-4-6-10-23-14-15-25(27(18-23)21-33)16-17-30(34)32-31;2*1-2/h7-9,11-15,18-22H,3-6,10,16-17,31H2,1-2H3,(H,32,34);2*1-2H3/b11-7-;;. The van der Waals surface area contributed by atoms with Gasteiger partial charge in [0.05, 0.1) is 0 Å². The number of hydrogen-bond acceptors (Lipinski definition) is 3. The van der Waals surface area contributed by atoms with E-state index in [0.29, 0.717) is 17.9 Å². The van der Waals surface area contributed by atoms with Crippen LogP contribution in [0.3, 0.4) is 0 Å². The average molecular weight is 517 g/mol. The van der Waals surface area contributed by atoms with Crippen LogP contribution in [0.4, 0.5) is 0 Å². The lowest BCUT2D eigenvalue weighted by Crippen LogP contribution is -2.30. The molecule has 4 nitrogen and oxygen atoms in total. The summed E-state index contributed by atoms with van der Waals surface area (Å²) < 4.78 is 0. The second kappa shape index (κ2) is 18.9. The van der Waals surface area contributed by atoms with Crippen molar-refractivity contribution < 1.29 is 9.59 Å². The van der Waals surface area contributed by atoms with Crippen molar-refractivity contribution in [3.8, 4) is 0 Å². The van der Waals surface area contributed by atoms with Gasteiger partial charge in [-0.3, -0.25) is 15.0 Å². The molecule has 0 atom stereocenters. The van der Waals surface area contributed by atoms with Gasteiger partial charge < -0.3 is 0 Å². The van der Waals surface area contributed by atoms with Crippen molar-refractivity contribution >= 4 is 29.0 Å². The van der Waals surface area contributed by atoms with Crippen LogP contribution in [0.25, 0.3) is 16.8 Å². The Kier molecular flexibility index (Phi) is 16.3. The van der Waals surface area contributed by atoms with Crippen molar-refractivity contribution in [3.63, 3.8) is 0 Å². The molecule has 0 unspecified atom stereocenters. The number of allylic oxidation sites excluding steroid dienone is 1. The molecule has 0 saturated carbocycles. The minimum atomic E-state index is -0.226. The number of fused-ring (bicyclic) bond motifs is 1. The molecule has 3 rings (SSSR count). The molecule has 0 aliphatic carbocycles. The van der Waals surface area contributed by atoms with Gasteiger partial charge in [0.15, 0.2) is 0 Å². The molecule has 0 aliphatic rings. The normalized spacial score (nSPS) is 10.5. The Morgan fingerprint density at radius 3 is 2.34 bits per heavy atom. The summed E-state index contributed by atoms with van der Waals surface area (Å²) in [5.74, 6) is 5.39. The molecule has 0 saturated heterocycles. The Morgan fingerprint density at radius 2 is 1.66 bits per heavy atom. The van der Waals surface area contributed by atoms with Crippen LogP contribution in [0.15, 0.2) is 60.7 Å². The second-order valence-electron chi connectivity index (χ2n) is 9.21. The van der Waals surface area contributed by atoms with Gasteiger partial charge >= 0.3 is 0 Å². The van der Waals surface area contributed by atoms with E-state index in [1.807, 2.05) is 39.8 Å². The van der Waals surface area contributed by atoms with E-state index >= 15 is 0 Å². The summed E-state index contributed by atoms with van der Waals surface area (Å²) in [6.45, 7) is 12.5. The molecule has 0 radical (unpaired) electrons. The van der Waals surface area contributed by atoms with Crippen molar-refractivity contribution in [2.75, 3.05) is 0 Å². The molecule has 206 valence electrons. The zero-order valence-electron chi connectivity index (χ0n) is 24.3. The number of unbranched alkanes of at least 4 members (excludes halogenated alkanes) is 3. The maximum absolute atomic E-state index is 11.5. The maximum atomic E-state index is 11.5. The van der Waals surface area contributed by atoms with E-state index in [4.69, 9.17) is 5.84 Å². The number of hydrazine groups is 1. The third kappa shape index (κ3) is 10.6. The number of amides is 1. The van der Waals surface area contributed by atoms with Crippen molar-refractivity contribution in [2.45, 2.75) is 92.4 Å². The number of rotatable bonds is 12. The molecule has 3 N–H and O–H groups in total. The van der Waals surface area contributed by atoms with Crippen LogP contribution in [0.2, 0.25) is 0 Å². The molecule has 3 aromatic rings. The van der Waals surface area contributed by atoms with E-state index in [1.165, 1.54) is 27.5 Å². The number of nitrogens with one attached hydrogen (secondary N) is 1. The Labute approximate surface area is 230 Å². The third-order valence-corrected chi connectivity index (χ3v) is 6.30. The molecule has 1 amide bonds. The molecule has 0 aromatic heterocycles. The first-order valence-electron chi connectivity index (χ1n) is 14.3. The highest BCUT2D eigenvalue weighted by Crippen LogP contribution is 2.27. The van der Waals surface area contributed by atoms with E-state index in [1.54, 1.807) is 0 Å². The highest BCUT2D eigenvalue weighted by molar-refractivity contribution is 5.88. The minimum absolute atomic E-state index is 0.226. The van der Waals surface area contributed by atoms with Gasteiger partial charge in [-0.15, -0.1) is 0 Å². The molecule has 0 spiro atoms. The molecular formula is C34H48N2O2. The summed E-state index contributed by atoms with van der Waals surface area (Å²) in [5.41, 5.74) is 7.53. The van der Waals surface area contributed by atoms with Gasteiger partial charge in [-0.05, 0) is 83.2 Å². The summed E-state index contributed by atoms with van der Waals surface area (Å²) in [4.78, 5) is 22.8. The monoisotopic (exact) mass is 516 g/mol. The minimum Gasteiger partial charge on any atom is -0.298 e. The molecule has 0 aliphatic heterocycles. The largest absolute Gasteiger partial charge is 0.298 e. The van der Waals surface area contributed by atoms with Crippen LogP contribution in [0.5, 0.6) is 0 Å². The lowest BCUT2D eigenvalue weighted by Gasteiger charge is -2.11. The Bertz CT molecular complexity index is 1150. The first-order valence-corrected chi connectivity index (χ1v) is 14.3. The fourth-order valence-corrected chi connectivity index (χ4v) is 4.38. The van der Waals surface area contributed by atoms with E-state index in [2.05, 4.69) is 73.9 Å². The van der Waals surface area contributed by atoms with Gasteiger partial charge in [0.1, 0.15) is 6.29 Å². The number of carbonyl (C=O) groups excluding carboxylic acids is 2. The highest BCUT2D eigenvalue weighted by atomic mass is 16.2. The van der Waals surface area contributed by atoms with Crippen LogP contribution in [-0.4, -0.2) is 12.2 Å². The van der Waals surface area contributed by atoms with Crippen LogP contribution in [-0.2, 0) is 17.6 Å². The third-order valence-electron chi connectivity index (χ3n) is 6.30.